The third-order valence-corrected chi connectivity index (χ3v) is 6.69. The minimum Gasteiger partial charge on any atom is -0.504 e. The summed E-state index contributed by atoms with van der Waals surface area (Å²) in [5.74, 6) is -1.18. The van der Waals surface area contributed by atoms with E-state index in [1.807, 2.05) is 30.3 Å². The highest BCUT2D eigenvalue weighted by Gasteiger charge is 2.58. The number of nitrogens with one attached hydrogen (secondary N) is 2. The number of aromatic nitrogens is 1. The zero-order chi connectivity index (χ0) is 22.2. The SMILES string of the molecule is O=C(Nc1ncccc1O)N[C@@H](Cc1ccccc1)N1C(=O)[C@@H]2[C@H](C1=O)[C@H]1C=C[C@H]2CC1. The summed E-state index contributed by atoms with van der Waals surface area (Å²) >= 11 is 0. The van der Waals surface area contributed by atoms with Crippen LogP contribution in [0.1, 0.15) is 18.4 Å². The number of rotatable bonds is 5. The van der Waals surface area contributed by atoms with Gasteiger partial charge in [-0.1, -0.05) is 42.5 Å². The zero-order valence-corrected chi connectivity index (χ0v) is 17.3. The molecule has 0 unspecified atom stereocenters. The van der Waals surface area contributed by atoms with Crippen LogP contribution in [0.3, 0.4) is 0 Å². The first kappa shape index (κ1) is 20.2. The number of amides is 4. The Morgan fingerprint density at radius 1 is 1.03 bits per heavy atom. The van der Waals surface area contributed by atoms with E-state index in [1.165, 1.54) is 17.2 Å². The highest BCUT2D eigenvalue weighted by atomic mass is 16.3. The van der Waals surface area contributed by atoms with E-state index in [0.29, 0.717) is 0 Å². The van der Waals surface area contributed by atoms with Gasteiger partial charge < -0.3 is 10.4 Å². The van der Waals surface area contributed by atoms with Gasteiger partial charge in [-0.15, -0.1) is 0 Å². The van der Waals surface area contributed by atoms with Crippen molar-refractivity contribution in [3.05, 3.63) is 66.4 Å². The number of imide groups is 1. The molecule has 6 rings (SSSR count). The maximum absolute atomic E-state index is 13.4. The Kier molecular flexibility index (Phi) is 5.13. The van der Waals surface area contributed by atoms with Crippen molar-refractivity contribution in [2.75, 3.05) is 5.32 Å². The summed E-state index contributed by atoms with van der Waals surface area (Å²) < 4.78 is 0. The molecule has 4 aliphatic rings. The molecule has 8 heteroatoms. The molecule has 4 amide bonds. The van der Waals surface area contributed by atoms with Crippen molar-refractivity contribution >= 4 is 23.7 Å². The van der Waals surface area contributed by atoms with Gasteiger partial charge in [0.15, 0.2) is 11.6 Å². The first-order valence-corrected chi connectivity index (χ1v) is 10.8. The van der Waals surface area contributed by atoms with Crippen LogP contribution in [0, 0.1) is 23.7 Å². The second-order valence-electron chi connectivity index (χ2n) is 8.56. The van der Waals surface area contributed by atoms with Gasteiger partial charge >= 0.3 is 6.03 Å². The summed E-state index contributed by atoms with van der Waals surface area (Å²) in [7, 11) is 0. The number of hydrogen-bond donors (Lipinski definition) is 3. The van der Waals surface area contributed by atoms with Gasteiger partial charge in [0.05, 0.1) is 11.8 Å². The number of likely N-dealkylation sites (tertiary alicyclic amines) is 1. The van der Waals surface area contributed by atoms with Crippen LogP contribution in [-0.2, 0) is 16.0 Å². The summed E-state index contributed by atoms with van der Waals surface area (Å²) in [6.07, 6.45) is 6.82. The molecule has 2 aromatic rings. The van der Waals surface area contributed by atoms with E-state index in [-0.39, 0.29) is 53.5 Å². The molecule has 1 saturated carbocycles. The van der Waals surface area contributed by atoms with Gasteiger partial charge in [0.25, 0.3) is 0 Å². The number of carbonyl (C=O) groups excluding carboxylic acids is 3. The van der Waals surface area contributed by atoms with Gasteiger partial charge in [0.2, 0.25) is 11.8 Å². The third-order valence-electron chi connectivity index (χ3n) is 6.69. The van der Waals surface area contributed by atoms with E-state index < -0.39 is 12.2 Å². The van der Waals surface area contributed by atoms with Crippen LogP contribution in [0.2, 0.25) is 0 Å². The molecular weight excluding hydrogens is 408 g/mol. The Morgan fingerprint density at radius 3 is 2.28 bits per heavy atom. The van der Waals surface area contributed by atoms with Crippen molar-refractivity contribution in [1.82, 2.24) is 15.2 Å². The molecule has 2 bridgehead atoms. The maximum atomic E-state index is 13.4. The van der Waals surface area contributed by atoms with E-state index in [9.17, 15) is 19.5 Å². The lowest BCUT2D eigenvalue weighted by molar-refractivity contribution is -0.143. The molecule has 1 aromatic carbocycles. The predicted molar refractivity (Wildman–Crippen MR) is 116 cm³/mol. The molecule has 1 aliphatic heterocycles. The molecule has 3 N–H and O–H groups in total. The Bertz CT molecular complexity index is 1050. The molecule has 8 nitrogen and oxygen atoms in total. The van der Waals surface area contributed by atoms with Gasteiger partial charge in [-0.05, 0) is 42.4 Å². The van der Waals surface area contributed by atoms with E-state index in [2.05, 4.69) is 27.8 Å². The van der Waals surface area contributed by atoms with E-state index >= 15 is 0 Å². The normalized spacial score (nSPS) is 26.7. The molecule has 3 aliphatic carbocycles. The maximum Gasteiger partial charge on any atom is 0.322 e. The van der Waals surface area contributed by atoms with Crippen molar-refractivity contribution < 1.29 is 19.5 Å². The predicted octanol–water partition coefficient (Wildman–Crippen LogP) is 2.67. The number of allylic oxidation sites excluding steroid dienone is 2. The number of urea groups is 1. The van der Waals surface area contributed by atoms with Gasteiger partial charge in [-0.3, -0.25) is 19.8 Å². The van der Waals surface area contributed by atoms with Crippen LogP contribution in [0.5, 0.6) is 5.75 Å². The van der Waals surface area contributed by atoms with E-state index in [4.69, 9.17) is 0 Å². The summed E-state index contributed by atoms with van der Waals surface area (Å²) in [5.41, 5.74) is 0.884. The number of aromatic hydroxyl groups is 1. The molecule has 2 heterocycles. The monoisotopic (exact) mass is 432 g/mol. The molecule has 0 spiro atoms. The lowest BCUT2D eigenvalue weighted by atomic mass is 9.63. The summed E-state index contributed by atoms with van der Waals surface area (Å²) in [5, 5.41) is 15.2. The van der Waals surface area contributed by atoms with Crippen molar-refractivity contribution in [2.24, 2.45) is 23.7 Å². The summed E-state index contributed by atoms with van der Waals surface area (Å²) in [4.78, 5) is 44.8. The molecule has 1 aromatic heterocycles. The average Bonchev–Trinajstić information content (AvgIpc) is 3.09. The largest absolute Gasteiger partial charge is 0.504 e. The number of hydrogen-bond acceptors (Lipinski definition) is 5. The standard InChI is InChI=1S/C24H24N4O4/c29-17-7-4-12-25-21(17)27-24(32)26-18(13-14-5-2-1-3-6-14)28-22(30)19-15-8-9-16(11-10-15)20(19)23(28)31/h1-9,12,15-16,18-20,29H,10-11,13H2,(H2,25,26,27,32)/t15-,16-,18+,19-,20+/m0/s1. The fraction of sp³-hybridized carbons (Fsp3) is 0.333. The third kappa shape index (κ3) is 3.51. The molecule has 2 fully saturated rings. The zero-order valence-electron chi connectivity index (χ0n) is 17.3. The van der Waals surface area contributed by atoms with Gasteiger partial charge in [-0.2, -0.15) is 0 Å². The van der Waals surface area contributed by atoms with E-state index in [0.717, 1.165) is 18.4 Å². The average molecular weight is 432 g/mol. The first-order valence-electron chi connectivity index (χ1n) is 10.8. The van der Waals surface area contributed by atoms with Gasteiger partial charge in [0, 0.05) is 12.6 Å². The number of anilines is 1. The lowest BCUT2D eigenvalue weighted by Crippen LogP contribution is -2.53. The lowest BCUT2D eigenvalue weighted by Gasteiger charge is -2.38. The highest BCUT2D eigenvalue weighted by molar-refractivity contribution is 6.06. The first-order chi connectivity index (χ1) is 15.5. The number of carbonyl (C=O) groups is 3. The molecule has 1 saturated heterocycles. The fourth-order valence-electron chi connectivity index (χ4n) is 5.24. The van der Waals surface area contributed by atoms with Crippen LogP contribution in [0.25, 0.3) is 0 Å². The topological polar surface area (TPSA) is 112 Å². The number of fused-ring (bicyclic) bond motifs is 1. The minimum absolute atomic E-state index is 0.00144. The van der Waals surface area contributed by atoms with Crippen LogP contribution in [0.4, 0.5) is 10.6 Å². The second kappa shape index (κ2) is 8.11. The van der Waals surface area contributed by atoms with Crippen molar-refractivity contribution in [3.8, 4) is 5.75 Å². The second-order valence-corrected chi connectivity index (χ2v) is 8.56. The summed E-state index contributed by atoms with van der Waals surface area (Å²) in [6.45, 7) is 0. The quantitative estimate of drug-likeness (QED) is 0.497. The van der Waals surface area contributed by atoms with E-state index in [1.54, 1.807) is 6.07 Å². The van der Waals surface area contributed by atoms with Gasteiger partial charge in [0.1, 0.15) is 6.17 Å². The van der Waals surface area contributed by atoms with Gasteiger partial charge in [-0.25, -0.2) is 9.78 Å². The Morgan fingerprint density at radius 2 is 1.69 bits per heavy atom. The van der Waals surface area contributed by atoms with Crippen molar-refractivity contribution in [3.63, 3.8) is 0 Å². The molecule has 32 heavy (non-hydrogen) atoms. The molecule has 164 valence electrons. The Hall–Kier alpha value is -3.68. The van der Waals surface area contributed by atoms with Crippen LogP contribution in [0.15, 0.2) is 60.8 Å². The van der Waals surface area contributed by atoms with Crippen LogP contribution < -0.4 is 10.6 Å². The van der Waals surface area contributed by atoms with Crippen molar-refractivity contribution in [2.45, 2.75) is 25.4 Å². The van der Waals surface area contributed by atoms with Crippen LogP contribution in [-0.4, -0.2) is 39.0 Å². The number of nitrogens with zero attached hydrogens (tertiary/aromatic N) is 2. The number of pyridine rings is 1. The summed E-state index contributed by atoms with van der Waals surface area (Å²) in [6, 6.07) is 11.7. The van der Waals surface area contributed by atoms with Crippen LogP contribution >= 0.6 is 0 Å². The Labute approximate surface area is 185 Å². The highest BCUT2D eigenvalue weighted by Crippen LogP contribution is 2.50. The smallest absolute Gasteiger partial charge is 0.322 e. The molecule has 0 radical (unpaired) electrons. The minimum atomic E-state index is -0.853. The fourth-order valence-corrected chi connectivity index (χ4v) is 5.24. The Balaban J connectivity index is 1.41. The number of benzene rings is 1. The molecular formula is C24H24N4O4. The molecule has 5 atom stereocenters. The van der Waals surface area contributed by atoms with Crippen molar-refractivity contribution in [1.29, 1.82) is 0 Å².